The molecule has 8 heteroatoms. The maximum absolute atomic E-state index is 10.4. The molecular formula is C7H6N4O3S. The van der Waals surface area contributed by atoms with Crippen LogP contribution in [-0.2, 0) is 4.79 Å². The number of carboxylic acid groups (broad SMARTS) is 1. The fourth-order valence-electron chi connectivity index (χ4n) is 1.04. The summed E-state index contributed by atoms with van der Waals surface area (Å²) in [6.07, 6.45) is 2.44. The van der Waals surface area contributed by atoms with Crippen molar-refractivity contribution < 1.29 is 15.1 Å². The van der Waals surface area contributed by atoms with Crippen LogP contribution in [0.15, 0.2) is 17.7 Å². The number of thioether (sulfide) groups is 1. The zero-order valence-electron chi connectivity index (χ0n) is 7.36. The van der Waals surface area contributed by atoms with Crippen LogP contribution in [0, 0.1) is 0 Å². The average molecular weight is 226 g/mol. The Hall–Kier alpha value is -1.83. The van der Waals surface area contributed by atoms with Crippen molar-refractivity contribution in [2.45, 2.75) is 5.03 Å². The number of carboxylic acids is 1. The number of imidazole rings is 1. The molecule has 0 fully saturated rings. The van der Waals surface area contributed by atoms with Crippen LogP contribution in [0.25, 0.3) is 11.5 Å². The minimum absolute atomic E-state index is 0.107. The molecule has 0 aromatic heterocycles. The van der Waals surface area contributed by atoms with Gasteiger partial charge in [-0.05, 0) is 0 Å². The molecule has 0 spiro atoms. The molecule has 2 heterocycles. The first-order valence-electron chi connectivity index (χ1n) is 3.90. The second-order valence-electron chi connectivity index (χ2n) is 2.62. The highest BCUT2D eigenvalue weighted by atomic mass is 32.2. The van der Waals surface area contributed by atoms with Gasteiger partial charge in [0, 0.05) is 0 Å². The van der Waals surface area contributed by atoms with Gasteiger partial charge in [-0.3, -0.25) is 4.79 Å². The Morgan fingerprint density at radius 2 is 2.27 bits per heavy atom. The zero-order chi connectivity index (χ0) is 10.8. The third-order valence-corrected chi connectivity index (χ3v) is 2.58. The van der Waals surface area contributed by atoms with Crippen LogP contribution in [0.5, 0.6) is 0 Å². The normalized spacial score (nSPS) is 10.7. The molecule has 0 unspecified atom stereocenters. The maximum Gasteiger partial charge on any atom is 0.313 e. The number of hydrogen-bond donors (Lipinski definition) is 2. The quantitative estimate of drug-likeness (QED) is 0.437. The molecular weight excluding hydrogens is 220 g/mol. The second kappa shape index (κ2) is 3.73. The lowest BCUT2D eigenvalue weighted by molar-refractivity contribution is -0.133. The van der Waals surface area contributed by atoms with Crippen LogP contribution < -0.4 is 0 Å². The van der Waals surface area contributed by atoms with Crippen LogP contribution in [0.2, 0.25) is 0 Å². The van der Waals surface area contributed by atoms with E-state index in [1.165, 1.54) is 6.33 Å². The lowest BCUT2D eigenvalue weighted by Crippen LogP contribution is -2.04. The van der Waals surface area contributed by atoms with Crippen LogP contribution in [0.3, 0.4) is 0 Å². The Kier molecular flexibility index (Phi) is 2.42. The second-order valence-corrected chi connectivity index (χ2v) is 3.59. The molecule has 0 atom stereocenters. The Balaban J connectivity index is 2.32. The van der Waals surface area contributed by atoms with Crippen LogP contribution in [-0.4, -0.2) is 41.7 Å². The maximum atomic E-state index is 10.4. The highest BCUT2D eigenvalue weighted by molar-refractivity contribution is 8.00. The number of aromatic nitrogens is 4. The predicted molar refractivity (Wildman–Crippen MR) is 50.0 cm³/mol. The van der Waals surface area contributed by atoms with E-state index in [1.807, 2.05) is 0 Å². The van der Waals surface area contributed by atoms with Gasteiger partial charge < -0.3 is 10.3 Å². The Labute approximate surface area is 88.1 Å². The van der Waals surface area contributed by atoms with Gasteiger partial charge in [-0.2, -0.15) is 4.73 Å². The van der Waals surface area contributed by atoms with Crippen molar-refractivity contribution in [3.63, 3.8) is 0 Å². The summed E-state index contributed by atoms with van der Waals surface area (Å²) in [5.74, 6) is -0.780. The molecule has 2 aliphatic heterocycles. The monoisotopic (exact) mass is 226 g/mol. The molecule has 2 N–H and O–H groups in total. The standard InChI is InChI=1S/C7H6N4O3S/c12-4(13)1-15-7-5-6(9-2-8-5)11(14)3-10-7/h2-3,14H,1H2,(H,12,13). The largest absolute Gasteiger partial charge is 0.481 e. The van der Waals surface area contributed by atoms with E-state index in [9.17, 15) is 10.0 Å². The molecule has 2 rings (SSSR count). The summed E-state index contributed by atoms with van der Waals surface area (Å²) in [6.45, 7) is 0. The van der Waals surface area contributed by atoms with Crippen molar-refractivity contribution in [1.82, 2.24) is 19.7 Å². The van der Waals surface area contributed by atoms with E-state index in [2.05, 4.69) is 15.0 Å². The van der Waals surface area contributed by atoms with Crippen molar-refractivity contribution in [3.05, 3.63) is 12.7 Å². The fraction of sp³-hybridized carbons (Fsp3) is 0.143. The van der Waals surface area contributed by atoms with Crippen LogP contribution >= 0.6 is 11.8 Å². The molecule has 0 radical (unpaired) electrons. The summed E-state index contributed by atoms with van der Waals surface area (Å²) >= 11 is 1.03. The van der Waals surface area contributed by atoms with Gasteiger partial charge in [-0.15, -0.1) is 0 Å². The first-order valence-corrected chi connectivity index (χ1v) is 4.89. The Morgan fingerprint density at radius 1 is 1.47 bits per heavy atom. The van der Waals surface area contributed by atoms with E-state index in [-0.39, 0.29) is 11.6 Å². The molecule has 0 bridgehead atoms. The molecule has 0 aliphatic carbocycles. The minimum atomic E-state index is -0.935. The molecule has 0 saturated carbocycles. The van der Waals surface area contributed by atoms with Crippen molar-refractivity contribution in [2.24, 2.45) is 0 Å². The average Bonchev–Trinajstić information content (AvgIpc) is 2.66. The lowest BCUT2D eigenvalue weighted by Gasteiger charge is -2.05. The number of aliphatic carboxylic acids is 1. The van der Waals surface area contributed by atoms with Gasteiger partial charge in [0.2, 0.25) is 0 Å². The van der Waals surface area contributed by atoms with Gasteiger partial charge >= 0.3 is 5.97 Å². The molecule has 78 valence electrons. The summed E-state index contributed by atoms with van der Waals surface area (Å²) < 4.78 is 0.743. The van der Waals surface area contributed by atoms with Crippen molar-refractivity contribution >= 4 is 17.7 Å². The molecule has 0 aromatic rings. The van der Waals surface area contributed by atoms with Gasteiger partial charge in [0.1, 0.15) is 23.4 Å². The number of rotatable bonds is 3. The smallest absolute Gasteiger partial charge is 0.313 e. The topological polar surface area (TPSA) is 101 Å². The van der Waals surface area contributed by atoms with Gasteiger partial charge in [-0.1, -0.05) is 11.8 Å². The fourth-order valence-corrected chi connectivity index (χ4v) is 1.70. The number of carbonyl (C=O) groups is 1. The van der Waals surface area contributed by atoms with Gasteiger partial charge in [0.05, 0.1) is 5.75 Å². The Bertz CT molecular complexity index is 472. The van der Waals surface area contributed by atoms with E-state index < -0.39 is 5.97 Å². The van der Waals surface area contributed by atoms with Crippen molar-refractivity contribution in [2.75, 3.05) is 5.75 Å². The molecule has 2 aliphatic rings. The number of hydrogen-bond acceptors (Lipinski definition) is 6. The minimum Gasteiger partial charge on any atom is -0.481 e. The van der Waals surface area contributed by atoms with E-state index in [1.54, 1.807) is 0 Å². The van der Waals surface area contributed by atoms with Gasteiger partial charge in [0.15, 0.2) is 5.82 Å². The molecule has 0 amide bonds. The van der Waals surface area contributed by atoms with E-state index >= 15 is 0 Å². The third kappa shape index (κ3) is 1.84. The summed E-state index contributed by atoms with van der Waals surface area (Å²) in [5.41, 5.74) is 0.395. The number of fused-ring (bicyclic) bond motifs is 1. The summed E-state index contributed by atoms with van der Waals surface area (Å²) in [6, 6.07) is 0. The lowest BCUT2D eigenvalue weighted by atomic mass is 10.4. The molecule has 15 heavy (non-hydrogen) atoms. The summed E-state index contributed by atoms with van der Waals surface area (Å²) in [7, 11) is 0. The molecule has 7 nitrogen and oxygen atoms in total. The van der Waals surface area contributed by atoms with Crippen molar-refractivity contribution in [3.8, 4) is 11.5 Å². The highest BCUT2D eigenvalue weighted by Gasteiger charge is 2.17. The first kappa shape index (κ1) is 9.71. The molecule has 0 aromatic carbocycles. The summed E-state index contributed by atoms with van der Waals surface area (Å²) in [4.78, 5) is 21.9. The van der Waals surface area contributed by atoms with E-state index in [0.717, 1.165) is 22.8 Å². The molecule has 0 saturated heterocycles. The van der Waals surface area contributed by atoms with E-state index in [4.69, 9.17) is 5.11 Å². The van der Waals surface area contributed by atoms with Crippen LogP contribution in [0.4, 0.5) is 0 Å². The Morgan fingerprint density at radius 3 is 3.00 bits per heavy atom. The zero-order valence-corrected chi connectivity index (χ0v) is 8.18. The predicted octanol–water partition coefficient (Wildman–Crippen LogP) is 0.192. The van der Waals surface area contributed by atoms with Crippen LogP contribution in [0.1, 0.15) is 0 Å². The summed E-state index contributed by atoms with van der Waals surface area (Å²) in [5, 5.41) is 18.2. The highest BCUT2D eigenvalue weighted by Crippen LogP contribution is 2.26. The first-order chi connectivity index (χ1) is 7.18. The SMILES string of the molecule is O=C(O)CSc1ncn(O)c2ncnc1-2. The van der Waals surface area contributed by atoms with Gasteiger partial charge in [-0.25, -0.2) is 15.0 Å². The van der Waals surface area contributed by atoms with Gasteiger partial charge in [0.25, 0.3) is 0 Å². The van der Waals surface area contributed by atoms with E-state index in [0.29, 0.717) is 10.7 Å². The number of nitrogens with zero attached hydrogens (tertiary/aromatic N) is 4. The third-order valence-electron chi connectivity index (χ3n) is 1.61. The van der Waals surface area contributed by atoms with Crippen molar-refractivity contribution in [1.29, 1.82) is 0 Å².